The maximum Gasteiger partial charge on any atom is 0.257 e. The third-order valence-electron chi connectivity index (χ3n) is 3.13. The predicted molar refractivity (Wildman–Crippen MR) is 83.3 cm³/mol. The second-order valence-electron chi connectivity index (χ2n) is 4.67. The molecule has 0 aromatic heterocycles. The molecule has 0 atom stereocenters. The second-order valence-corrected chi connectivity index (χ2v) is 4.67. The molecule has 0 aliphatic rings. The summed E-state index contributed by atoms with van der Waals surface area (Å²) in [5.41, 5.74) is 1.03. The summed E-state index contributed by atoms with van der Waals surface area (Å²) in [7, 11) is 1.62. The molecule has 0 radical (unpaired) electrons. The first-order valence-corrected chi connectivity index (χ1v) is 7.00. The summed E-state index contributed by atoms with van der Waals surface area (Å²) >= 11 is 0. The standard InChI is InChI=1S/C17H19NO4/c1-21-15-8-4-2-6-13(15)10-11-18-17(20)12-22-16-9-5-3-7-14(16)19/h2-9,19H,10-12H2,1H3,(H,18,20). The van der Waals surface area contributed by atoms with Gasteiger partial charge in [-0.25, -0.2) is 0 Å². The van der Waals surface area contributed by atoms with E-state index >= 15 is 0 Å². The lowest BCUT2D eigenvalue weighted by molar-refractivity contribution is -0.123. The Balaban J connectivity index is 1.75. The highest BCUT2D eigenvalue weighted by atomic mass is 16.5. The van der Waals surface area contributed by atoms with Crippen LogP contribution >= 0.6 is 0 Å². The van der Waals surface area contributed by atoms with Crippen molar-refractivity contribution >= 4 is 5.91 Å². The first-order valence-electron chi connectivity index (χ1n) is 7.00. The van der Waals surface area contributed by atoms with Crippen molar-refractivity contribution in [3.05, 3.63) is 54.1 Å². The zero-order chi connectivity index (χ0) is 15.8. The molecule has 0 fully saturated rings. The molecule has 1 amide bonds. The number of phenols is 1. The summed E-state index contributed by atoms with van der Waals surface area (Å²) in [5.74, 6) is 0.882. The zero-order valence-electron chi connectivity index (χ0n) is 12.4. The molecule has 0 unspecified atom stereocenters. The third kappa shape index (κ3) is 4.41. The van der Waals surface area contributed by atoms with Crippen molar-refractivity contribution in [2.24, 2.45) is 0 Å². The average Bonchev–Trinajstić information content (AvgIpc) is 2.54. The number of hydrogen-bond donors (Lipinski definition) is 2. The first kappa shape index (κ1) is 15.7. The molecule has 0 saturated heterocycles. The number of carbonyl (C=O) groups is 1. The zero-order valence-corrected chi connectivity index (χ0v) is 12.4. The SMILES string of the molecule is COc1ccccc1CCNC(=O)COc1ccccc1O. The molecule has 5 heteroatoms. The number of para-hydroxylation sites is 3. The number of rotatable bonds is 7. The number of aromatic hydroxyl groups is 1. The lowest BCUT2D eigenvalue weighted by Gasteiger charge is -2.10. The van der Waals surface area contributed by atoms with Crippen LogP contribution in [0.25, 0.3) is 0 Å². The molecule has 5 nitrogen and oxygen atoms in total. The molecule has 22 heavy (non-hydrogen) atoms. The van der Waals surface area contributed by atoms with Gasteiger partial charge in [-0.2, -0.15) is 0 Å². The highest BCUT2D eigenvalue weighted by Gasteiger charge is 2.06. The van der Waals surface area contributed by atoms with E-state index in [1.807, 2.05) is 24.3 Å². The van der Waals surface area contributed by atoms with Crippen LogP contribution in [0.1, 0.15) is 5.56 Å². The van der Waals surface area contributed by atoms with Crippen LogP contribution in [0.3, 0.4) is 0 Å². The molecule has 0 bridgehead atoms. The van der Waals surface area contributed by atoms with Crippen molar-refractivity contribution in [3.8, 4) is 17.2 Å². The van der Waals surface area contributed by atoms with Crippen molar-refractivity contribution in [2.45, 2.75) is 6.42 Å². The fraction of sp³-hybridized carbons (Fsp3) is 0.235. The molecule has 116 valence electrons. The molecule has 0 saturated carbocycles. The molecule has 0 spiro atoms. The number of benzene rings is 2. The Morgan fingerprint density at radius 2 is 1.77 bits per heavy atom. The predicted octanol–water partition coefficient (Wildman–Crippen LogP) is 2.14. The molecule has 2 aromatic carbocycles. The number of carbonyl (C=O) groups excluding carboxylic acids is 1. The van der Waals surface area contributed by atoms with Crippen LogP contribution in [0.5, 0.6) is 17.2 Å². The number of nitrogens with one attached hydrogen (secondary N) is 1. The van der Waals surface area contributed by atoms with Crippen molar-refractivity contribution in [3.63, 3.8) is 0 Å². The van der Waals surface area contributed by atoms with E-state index in [4.69, 9.17) is 9.47 Å². The molecular formula is C17H19NO4. The van der Waals surface area contributed by atoms with Gasteiger partial charge in [0.15, 0.2) is 18.1 Å². The maximum atomic E-state index is 11.7. The van der Waals surface area contributed by atoms with E-state index < -0.39 is 0 Å². The van der Waals surface area contributed by atoms with Gasteiger partial charge in [-0.05, 0) is 30.2 Å². The maximum absolute atomic E-state index is 11.7. The molecule has 2 rings (SSSR count). The summed E-state index contributed by atoms with van der Waals surface area (Å²) in [6.07, 6.45) is 0.673. The van der Waals surface area contributed by atoms with Gasteiger partial charge in [-0.15, -0.1) is 0 Å². The van der Waals surface area contributed by atoms with Crippen LogP contribution in [0.15, 0.2) is 48.5 Å². The Hall–Kier alpha value is -2.69. The molecule has 2 N–H and O–H groups in total. The summed E-state index contributed by atoms with van der Waals surface area (Å²) in [6, 6.07) is 14.2. The second kappa shape index (κ2) is 7.93. The summed E-state index contributed by atoms with van der Waals surface area (Å²) < 4.78 is 10.5. The molecule has 2 aromatic rings. The van der Waals surface area contributed by atoms with Gasteiger partial charge in [0.1, 0.15) is 5.75 Å². The minimum absolute atomic E-state index is 0.0179. The largest absolute Gasteiger partial charge is 0.504 e. The van der Waals surface area contributed by atoms with E-state index in [0.29, 0.717) is 18.7 Å². The third-order valence-corrected chi connectivity index (χ3v) is 3.13. The molecule has 0 aliphatic carbocycles. The Morgan fingerprint density at radius 3 is 2.50 bits per heavy atom. The molecular weight excluding hydrogens is 282 g/mol. The summed E-state index contributed by atoms with van der Waals surface area (Å²) in [4.78, 5) is 11.7. The minimum Gasteiger partial charge on any atom is -0.504 e. The van der Waals surface area contributed by atoms with Gasteiger partial charge in [0, 0.05) is 6.54 Å². The normalized spacial score (nSPS) is 10.0. The minimum atomic E-state index is -0.238. The Morgan fingerprint density at radius 1 is 1.09 bits per heavy atom. The van der Waals surface area contributed by atoms with Crippen LogP contribution in [0.2, 0.25) is 0 Å². The van der Waals surface area contributed by atoms with Gasteiger partial charge in [-0.3, -0.25) is 4.79 Å². The molecule has 0 aliphatic heterocycles. The topological polar surface area (TPSA) is 67.8 Å². The van der Waals surface area contributed by atoms with Crippen molar-refractivity contribution in [1.29, 1.82) is 0 Å². The van der Waals surface area contributed by atoms with E-state index in [2.05, 4.69) is 5.32 Å². The first-order chi connectivity index (χ1) is 10.7. The van der Waals surface area contributed by atoms with Crippen molar-refractivity contribution in [1.82, 2.24) is 5.32 Å². The van der Waals surface area contributed by atoms with Gasteiger partial charge in [0.05, 0.1) is 7.11 Å². The average molecular weight is 301 g/mol. The van der Waals surface area contributed by atoms with E-state index in [9.17, 15) is 9.90 Å². The van der Waals surface area contributed by atoms with Crippen LogP contribution < -0.4 is 14.8 Å². The lowest BCUT2D eigenvalue weighted by atomic mass is 10.1. The van der Waals surface area contributed by atoms with Gasteiger partial charge < -0.3 is 19.9 Å². The summed E-state index contributed by atoms with van der Waals surface area (Å²) in [6.45, 7) is 0.354. The van der Waals surface area contributed by atoms with Gasteiger partial charge in [-0.1, -0.05) is 30.3 Å². The fourth-order valence-corrected chi connectivity index (χ4v) is 2.02. The Kier molecular flexibility index (Phi) is 5.65. The number of methoxy groups -OCH3 is 1. The quantitative estimate of drug-likeness (QED) is 0.822. The highest BCUT2D eigenvalue weighted by molar-refractivity contribution is 5.77. The smallest absolute Gasteiger partial charge is 0.257 e. The summed E-state index contributed by atoms with van der Waals surface area (Å²) in [5, 5.41) is 12.3. The van der Waals surface area contributed by atoms with Crippen LogP contribution in [-0.2, 0) is 11.2 Å². The Bertz CT molecular complexity index is 628. The number of ether oxygens (including phenoxy) is 2. The number of amides is 1. The van der Waals surface area contributed by atoms with Crippen LogP contribution in [0.4, 0.5) is 0 Å². The number of hydrogen-bond acceptors (Lipinski definition) is 4. The van der Waals surface area contributed by atoms with Crippen molar-refractivity contribution < 1.29 is 19.4 Å². The van der Waals surface area contributed by atoms with E-state index in [-0.39, 0.29) is 18.3 Å². The van der Waals surface area contributed by atoms with Gasteiger partial charge in [0.25, 0.3) is 5.91 Å². The van der Waals surface area contributed by atoms with E-state index in [1.54, 1.807) is 25.3 Å². The highest BCUT2D eigenvalue weighted by Crippen LogP contribution is 2.24. The van der Waals surface area contributed by atoms with E-state index in [1.165, 1.54) is 6.07 Å². The number of phenolic OH excluding ortho intramolecular Hbond substituents is 1. The van der Waals surface area contributed by atoms with Crippen LogP contribution in [-0.4, -0.2) is 31.3 Å². The van der Waals surface area contributed by atoms with Crippen LogP contribution in [0, 0.1) is 0 Å². The van der Waals surface area contributed by atoms with Crippen molar-refractivity contribution in [2.75, 3.05) is 20.3 Å². The monoisotopic (exact) mass is 301 g/mol. The van der Waals surface area contributed by atoms with Gasteiger partial charge >= 0.3 is 0 Å². The Labute approximate surface area is 129 Å². The van der Waals surface area contributed by atoms with Gasteiger partial charge in [0.2, 0.25) is 0 Å². The fourth-order valence-electron chi connectivity index (χ4n) is 2.02. The molecule has 0 heterocycles. The lowest BCUT2D eigenvalue weighted by Crippen LogP contribution is -2.30. The van der Waals surface area contributed by atoms with E-state index in [0.717, 1.165) is 11.3 Å².